The van der Waals surface area contributed by atoms with E-state index >= 15 is 0 Å². The Kier molecular flexibility index (Phi) is 4.23. The first-order chi connectivity index (χ1) is 8.27. The van der Waals surface area contributed by atoms with Crippen LogP contribution in [0, 0.1) is 5.82 Å². The van der Waals surface area contributed by atoms with Crippen molar-refractivity contribution in [3.8, 4) is 0 Å². The van der Waals surface area contributed by atoms with Crippen LogP contribution >= 0.6 is 0 Å². The van der Waals surface area contributed by atoms with Gasteiger partial charge < -0.3 is 9.47 Å². The predicted octanol–water partition coefficient (Wildman–Crippen LogP) is 2.55. The zero-order valence-corrected chi connectivity index (χ0v) is 9.52. The first-order valence-corrected chi connectivity index (χ1v) is 5.78. The minimum Gasteiger partial charge on any atom is -0.353 e. The fourth-order valence-electron chi connectivity index (χ4n) is 1.77. The summed E-state index contributed by atoms with van der Waals surface area (Å²) in [6.45, 7) is 1.33. The molecule has 4 heteroatoms. The van der Waals surface area contributed by atoms with Gasteiger partial charge in [-0.15, -0.1) is 0 Å². The second kappa shape index (κ2) is 5.89. The molecule has 0 amide bonds. The molecule has 0 saturated carbocycles. The molecule has 0 spiro atoms. The van der Waals surface area contributed by atoms with Crippen molar-refractivity contribution in [1.82, 2.24) is 0 Å². The maximum Gasteiger partial charge on any atom is 0.166 e. The summed E-state index contributed by atoms with van der Waals surface area (Å²) in [7, 11) is 0. The van der Waals surface area contributed by atoms with Gasteiger partial charge in [-0.3, -0.25) is 4.79 Å². The molecule has 1 heterocycles. The highest BCUT2D eigenvalue weighted by Gasteiger charge is 2.17. The average molecular weight is 238 g/mol. The van der Waals surface area contributed by atoms with E-state index < -0.39 is 5.82 Å². The van der Waals surface area contributed by atoms with Crippen molar-refractivity contribution in [1.29, 1.82) is 0 Å². The Balaban J connectivity index is 1.87. The molecule has 0 bridgehead atoms. The van der Waals surface area contributed by atoms with Crippen LogP contribution in [0.15, 0.2) is 24.3 Å². The maximum atomic E-state index is 13.3. The van der Waals surface area contributed by atoms with Crippen LogP contribution in [0.1, 0.15) is 29.6 Å². The number of hydrogen-bond donors (Lipinski definition) is 0. The molecule has 3 nitrogen and oxygen atoms in total. The fraction of sp³-hybridized carbons (Fsp3) is 0.462. The van der Waals surface area contributed by atoms with Crippen molar-refractivity contribution in [2.75, 3.05) is 13.2 Å². The van der Waals surface area contributed by atoms with Crippen LogP contribution in [0.2, 0.25) is 0 Å². The van der Waals surface area contributed by atoms with Gasteiger partial charge >= 0.3 is 0 Å². The summed E-state index contributed by atoms with van der Waals surface area (Å²) >= 11 is 0. The molecule has 1 aromatic rings. The van der Waals surface area contributed by atoms with Crippen LogP contribution in [-0.2, 0) is 9.47 Å². The normalized spacial score (nSPS) is 17.0. The van der Waals surface area contributed by atoms with Crippen molar-refractivity contribution in [2.45, 2.75) is 25.6 Å². The van der Waals surface area contributed by atoms with Gasteiger partial charge in [0.05, 0.1) is 18.8 Å². The third-order valence-electron chi connectivity index (χ3n) is 2.68. The van der Waals surface area contributed by atoms with Crippen LogP contribution in [0.4, 0.5) is 4.39 Å². The number of ether oxygens (including phenoxy) is 2. The summed E-state index contributed by atoms with van der Waals surface area (Å²) in [4.78, 5) is 11.8. The molecule has 0 radical (unpaired) electrons. The number of Topliss-reactive ketones (excluding diaryl/α,β-unsaturated/α-hetero) is 1. The summed E-state index contributed by atoms with van der Waals surface area (Å²) in [6.07, 6.45) is 1.29. The molecule has 0 aromatic heterocycles. The van der Waals surface area contributed by atoms with Crippen molar-refractivity contribution >= 4 is 5.78 Å². The van der Waals surface area contributed by atoms with E-state index in [4.69, 9.17) is 9.47 Å². The summed E-state index contributed by atoms with van der Waals surface area (Å²) < 4.78 is 24.0. The van der Waals surface area contributed by atoms with Crippen molar-refractivity contribution in [3.63, 3.8) is 0 Å². The molecule has 17 heavy (non-hydrogen) atoms. The Morgan fingerprint density at radius 1 is 1.29 bits per heavy atom. The molecule has 92 valence electrons. The fourth-order valence-corrected chi connectivity index (χ4v) is 1.77. The quantitative estimate of drug-likeness (QED) is 0.756. The van der Waals surface area contributed by atoms with Crippen LogP contribution < -0.4 is 0 Å². The molecule has 1 fully saturated rings. The SMILES string of the molecule is O=C(CCC1OCCCO1)c1ccccc1F. The lowest BCUT2D eigenvalue weighted by atomic mass is 10.1. The number of carbonyl (C=O) groups excluding carboxylic acids is 1. The summed E-state index contributed by atoms with van der Waals surface area (Å²) in [5, 5.41) is 0. The van der Waals surface area contributed by atoms with Gasteiger partial charge in [-0.25, -0.2) is 4.39 Å². The summed E-state index contributed by atoms with van der Waals surface area (Å²) in [5.41, 5.74) is 0.142. The van der Waals surface area contributed by atoms with E-state index in [9.17, 15) is 9.18 Å². The topological polar surface area (TPSA) is 35.5 Å². The zero-order valence-electron chi connectivity index (χ0n) is 9.52. The Labute approximate surface area is 99.5 Å². The average Bonchev–Trinajstić information content (AvgIpc) is 2.38. The minimum absolute atomic E-state index is 0.142. The molecule has 1 aromatic carbocycles. The standard InChI is InChI=1S/C13H15FO3/c14-11-5-2-1-4-10(11)12(15)6-7-13-16-8-3-9-17-13/h1-2,4-5,13H,3,6-9H2. The van der Waals surface area contributed by atoms with Gasteiger partial charge in [-0.1, -0.05) is 12.1 Å². The van der Waals surface area contributed by atoms with E-state index in [-0.39, 0.29) is 24.1 Å². The predicted molar refractivity (Wildman–Crippen MR) is 60.3 cm³/mol. The van der Waals surface area contributed by atoms with Gasteiger partial charge in [0.1, 0.15) is 5.82 Å². The molecule has 2 rings (SSSR count). The lowest BCUT2D eigenvalue weighted by Crippen LogP contribution is -2.25. The maximum absolute atomic E-state index is 13.3. The second-order valence-corrected chi connectivity index (χ2v) is 3.97. The van der Waals surface area contributed by atoms with E-state index in [1.165, 1.54) is 12.1 Å². The van der Waals surface area contributed by atoms with Gasteiger partial charge in [0, 0.05) is 12.8 Å². The van der Waals surface area contributed by atoms with Crippen LogP contribution in [0.5, 0.6) is 0 Å². The van der Waals surface area contributed by atoms with Crippen molar-refractivity contribution in [3.05, 3.63) is 35.6 Å². The van der Waals surface area contributed by atoms with Crippen LogP contribution in [-0.4, -0.2) is 25.3 Å². The third kappa shape index (κ3) is 3.35. The lowest BCUT2D eigenvalue weighted by molar-refractivity contribution is -0.180. The molecule has 1 saturated heterocycles. The molecule has 1 aliphatic heterocycles. The Morgan fingerprint density at radius 3 is 2.71 bits per heavy atom. The second-order valence-electron chi connectivity index (χ2n) is 3.97. The third-order valence-corrected chi connectivity index (χ3v) is 2.68. The van der Waals surface area contributed by atoms with E-state index in [0.29, 0.717) is 19.6 Å². The van der Waals surface area contributed by atoms with Crippen LogP contribution in [0.25, 0.3) is 0 Å². The Morgan fingerprint density at radius 2 is 2.00 bits per heavy atom. The summed E-state index contributed by atoms with van der Waals surface area (Å²) in [6, 6.07) is 6.02. The number of benzene rings is 1. The van der Waals surface area contributed by atoms with Gasteiger partial charge in [-0.2, -0.15) is 0 Å². The highest BCUT2D eigenvalue weighted by Crippen LogP contribution is 2.15. The molecule has 0 unspecified atom stereocenters. The zero-order chi connectivity index (χ0) is 12.1. The minimum atomic E-state index is -0.469. The molecular weight excluding hydrogens is 223 g/mol. The molecule has 1 aliphatic rings. The molecular formula is C13H15FO3. The first-order valence-electron chi connectivity index (χ1n) is 5.78. The monoisotopic (exact) mass is 238 g/mol. The highest BCUT2D eigenvalue weighted by atomic mass is 19.1. The number of ketones is 1. The number of hydrogen-bond acceptors (Lipinski definition) is 3. The largest absolute Gasteiger partial charge is 0.353 e. The Bertz CT molecular complexity index is 386. The van der Waals surface area contributed by atoms with E-state index in [1.54, 1.807) is 12.1 Å². The summed E-state index contributed by atoms with van der Waals surface area (Å²) in [5.74, 6) is -0.677. The van der Waals surface area contributed by atoms with Gasteiger partial charge in [-0.05, 0) is 18.6 Å². The molecule has 0 atom stereocenters. The highest BCUT2D eigenvalue weighted by molar-refractivity contribution is 5.96. The van der Waals surface area contributed by atoms with Gasteiger partial charge in [0.15, 0.2) is 12.1 Å². The first kappa shape index (κ1) is 12.2. The van der Waals surface area contributed by atoms with Gasteiger partial charge in [0.2, 0.25) is 0 Å². The molecule has 0 aliphatic carbocycles. The number of halogens is 1. The van der Waals surface area contributed by atoms with E-state index in [1.807, 2.05) is 0 Å². The smallest absolute Gasteiger partial charge is 0.166 e. The number of rotatable bonds is 4. The Hall–Kier alpha value is -1.26. The lowest BCUT2D eigenvalue weighted by Gasteiger charge is -2.22. The van der Waals surface area contributed by atoms with E-state index in [0.717, 1.165) is 6.42 Å². The number of carbonyl (C=O) groups is 1. The van der Waals surface area contributed by atoms with Crippen molar-refractivity contribution in [2.24, 2.45) is 0 Å². The van der Waals surface area contributed by atoms with Crippen LogP contribution in [0.3, 0.4) is 0 Å². The van der Waals surface area contributed by atoms with E-state index in [2.05, 4.69) is 0 Å². The van der Waals surface area contributed by atoms with Gasteiger partial charge in [0.25, 0.3) is 0 Å². The van der Waals surface area contributed by atoms with Crippen molar-refractivity contribution < 1.29 is 18.7 Å². The molecule has 0 N–H and O–H groups in total.